The molecule has 0 saturated carbocycles. The fourth-order valence-corrected chi connectivity index (χ4v) is 2.82. The van der Waals surface area contributed by atoms with E-state index in [1.54, 1.807) is 23.0 Å². The molecule has 0 amide bonds. The summed E-state index contributed by atoms with van der Waals surface area (Å²) in [5.74, 6) is 1.29. The Morgan fingerprint density at radius 2 is 1.85 bits per heavy atom. The number of nitro groups is 1. The second-order valence-corrected chi connectivity index (χ2v) is 6.12. The maximum Gasteiger partial charge on any atom is 0.269 e. The Hall–Kier alpha value is -3.74. The fourth-order valence-electron chi connectivity index (χ4n) is 2.82. The second kappa shape index (κ2) is 6.87. The van der Waals surface area contributed by atoms with Crippen LogP contribution in [0.1, 0.15) is 17.0 Å². The summed E-state index contributed by atoms with van der Waals surface area (Å²) in [5.41, 5.74) is 3.67. The van der Waals surface area contributed by atoms with Crippen molar-refractivity contribution >= 4 is 5.69 Å². The van der Waals surface area contributed by atoms with Crippen LogP contribution in [0.15, 0.2) is 71.4 Å². The minimum Gasteiger partial charge on any atom is -0.441 e. The third kappa shape index (κ3) is 3.48. The number of aryl methyl sites for hydroxylation is 1. The molecule has 4 aromatic rings. The lowest BCUT2D eigenvalue weighted by Crippen LogP contribution is -1.94. The highest BCUT2D eigenvalue weighted by molar-refractivity contribution is 5.56. The molecule has 27 heavy (non-hydrogen) atoms. The van der Waals surface area contributed by atoms with Gasteiger partial charge in [-0.05, 0) is 42.8 Å². The molecule has 0 aliphatic carbocycles. The van der Waals surface area contributed by atoms with Crippen LogP contribution in [-0.2, 0) is 6.42 Å². The molecular weight excluding hydrogens is 344 g/mol. The van der Waals surface area contributed by atoms with E-state index in [0.717, 1.165) is 28.3 Å². The normalized spacial score (nSPS) is 10.9. The molecule has 0 unspecified atom stereocenters. The van der Waals surface area contributed by atoms with Crippen LogP contribution in [0.5, 0.6) is 0 Å². The molecule has 0 N–H and O–H groups in total. The number of nitrogens with zero attached hydrogens (tertiary/aromatic N) is 4. The van der Waals surface area contributed by atoms with Crippen LogP contribution in [-0.4, -0.2) is 19.7 Å². The van der Waals surface area contributed by atoms with Crippen molar-refractivity contribution < 1.29 is 9.34 Å². The van der Waals surface area contributed by atoms with Gasteiger partial charge in [-0.25, -0.2) is 9.67 Å². The molecule has 2 aromatic carbocycles. The summed E-state index contributed by atoms with van der Waals surface area (Å²) in [7, 11) is 0. The summed E-state index contributed by atoms with van der Waals surface area (Å²) in [5, 5.41) is 15.0. The average Bonchev–Trinajstić information content (AvgIpc) is 3.33. The first-order valence-corrected chi connectivity index (χ1v) is 8.40. The minimum atomic E-state index is -0.407. The number of benzene rings is 2. The highest BCUT2D eigenvalue weighted by Gasteiger charge is 2.13. The zero-order chi connectivity index (χ0) is 18.8. The first kappa shape index (κ1) is 16.7. The van der Waals surface area contributed by atoms with Gasteiger partial charge in [0.2, 0.25) is 5.89 Å². The Morgan fingerprint density at radius 1 is 1.11 bits per heavy atom. The second-order valence-electron chi connectivity index (χ2n) is 6.12. The highest BCUT2D eigenvalue weighted by Crippen LogP contribution is 2.25. The van der Waals surface area contributed by atoms with Crippen molar-refractivity contribution in [3.63, 3.8) is 0 Å². The van der Waals surface area contributed by atoms with Crippen molar-refractivity contribution in [2.24, 2.45) is 0 Å². The lowest BCUT2D eigenvalue weighted by Gasteiger charge is -2.01. The average molecular weight is 360 g/mol. The lowest BCUT2D eigenvalue weighted by atomic mass is 10.1. The molecule has 0 bridgehead atoms. The third-order valence-corrected chi connectivity index (χ3v) is 4.29. The van der Waals surface area contributed by atoms with Crippen LogP contribution in [0.2, 0.25) is 0 Å². The van der Waals surface area contributed by atoms with Crippen molar-refractivity contribution in [3.05, 3.63) is 94.1 Å². The van der Waals surface area contributed by atoms with Gasteiger partial charge in [-0.15, -0.1) is 0 Å². The summed E-state index contributed by atoms with van der Waals surface area (Å²) in [6.45, 7) is 1.87. The monoisotopic (exact) mass is 360 g/mol. The number of hydrogen-bond acceptors (Lipinski definition) is 5. The van der Waals surface area contributed by atoms with Crippen LogP contribution in [0.4, 0.5) is 5.69 Å². The summed E-state index contributed by atoms with van der Waals surface area (Å²) in [6.07, 6.45) is 4.17. The van der Waals surface area contributed by atoms with Crippen LogP contribution in [0.3, 0.4) is 0 Å². The van der Waals surface area contributed by atoms with Crippen LogP contribution in [0.25, 0.3) is 17.1 Å². The number of hydrogen-bond donors (Lipinski definition) is 0. The fraction of sp³-hybridized carbons (Fsp3) is 0.100. The van der Waals surface area contributed by atoms with E-state index in [2.05, 4.69) is 10.1 Å². The summed E-state index contributed by atoms with van der Waals surface area (Å²) >= 11 is 0. The molecule has 134 valence electrons. The van der Waals surface area contributed by atoms with Gasteiger partial charge in [0.25, 0.3) is 5.69 Å². The van der Waals surface area contributed by atoms with Crippen LogP contribution < -0.4 is 0 Å². The van der Waals surface area contributed by atoms with Crippen LogP contribution in [0, 0.1) is 17.0 Å². The quantitative estimate of drug-likeness (QED) is 0.390. The van der Waals surface area contributed by atoms with Crippen molar-refractivity contribution in [3.8, 4) is 17.1 Å². The van der Waals surface area contributed by atoms with E-state index in [-0.39, 0.29) is 5.69 Å². The standard InChI is InChI=1S/C20H16N4O3/c1-14-19(13-15-3-7-18(8-4-15)24(25)26)22-20(27-14)16-5-9-17(10-6-16)23-12-2-11-21-23/h2-12H,13H2,1H3. The Bertz CT molecular complexity index is 1070. The van der Waals surface area contributed by atoms with E-state index in [1.807, 2.05) is 43.5 Å². The van der Waals surface area contributed by atoms with E-state index >= 15 is 0 Å². The topological polar surface area (TPSA) is 87.0 Å². The molecule has 2 heterocycles. The Balaban J connectivity index is 1.55. The number of nitro benzene ring substituents is 1. The largest absolute Gasteiger partial charge is 0.441 e. The minimum absolute atomic E-state index is 0.0774. The van der Waals surface area contributed by atoms with Gasteiger partial charge < -0.3 is 4.42 Å². The van der Waals surface area contributed by atoms with Crippen LogP contribution >= 0.6 is 0 Å². The van der Waals surface area contributed by atoms with E-state index in [0.29, 0.717) is 12.3 Å². The van der Waals surface area contributed by atoms with Gasteiger partial charge >= 0.3 is 0 Å². The van der Waals surface area contributed by atoms with Crippen molar-refractivity contribution in [1.82, 2.24) is 14.8 Å². The zero-order valence-electron chi connectivity index (χ0n) is 14.6. The molecule has 0 aliphatic heterocycles. The van der Waals surface area contributed by atoms with Gasteiger partial charge in [0, 0.05) is 36.5 Å². The summed E-state index contributed by atoms with van der Waals surface area (Å²) in [6, 6.07) is 16.1. The predicted octanol–water partition coefficient (Wildman–Crippen LogP) is 4.33. The molecule has 0 saturated heterocycles. The van der Waals surface area contributed by atoms with Gasteiger partial charge in [0.15, 0.2) is 0 Å². The SMILES string of the molecule is Cc1oc(-c2ccc(-n3cccn3)cc2)nc1Cc1ccc([N+](=O)[O-])cc1. The molecule has 0 spiro atoms. The van der Waals surface area contributed by atoms with Gasteiger partial charge in [0.1, 0.15) is 5.76 Å². The molecule has 7 heteroatoms. The Morgan fingerprint density at radius 3 is 2.48 bits per heavy atom. The molecule has 2 aromatic heterocycles. The predicted molar refractivity (Wildman–Crippen MR) is 99.7 cm³/mol. The first-order valence-electron chi connectivity index (χ1n) is 8.40. The molecule has 0 radical (unpaired) electrons. The third-order valence-electron chi connectivity index (χ3n) is 4.29. The van der Waals surface area contributed by atoms with Crippen molar-refractivity contribution in [1.29, 1.82) is 0 Å². The molecule has 4 rings (SSSR count). The highest BCUT2D eigenvalue weighted by atomic mass is 16.6. The van der Waals surface area contributed by atoms with E-state index < -0.39 is 4.92 Å². The number of rotatable bonds is 5. The molecule has 7 nitrogen and oxygen atoms in total. The van der Waals surface area contributed by atoms with Gasteiger partial charge in [-0.1, -0.05) is 12.1 Å². The molecule has 0 atom stereocenters. The van der Waals surface area contributed by atoms with Crippen molar-refractivity contribution in [2.75, 3.05) is 0 Å². The summed E-state index contributed by atoms with van der Waals surface area (Å²) < 4.78 is 7.61. The number of non-ortho nitro benzene ring substituents is 1. The first-order chi connectivity index (χ1) is 13.1. The van der Waals surface area contributed by atoms with Gasteiger partial charge in [0.05, 0.1) is 16.3 Å². The van der Waals surface area contributed by atoms with Gasteiger partial charge in [-0.2, -0.15) is 5.10 Å². The number of oxazole rings is 1. The lowest BCUT2D eigenvalue weighted by molar-refractivity contribution is -0.384. The molecular formula is C20H16N4O3. The smallest absolute Gasteiger partial charge is 0.269 e. The maximum atomic E-state index is 10.8. The molecule has 0 aliphatic rings. The van der Waals surface area contributed by atoms with E-state index in [4.69, 9.17) is 4.42 Å². The van der Waals surface area contributed by atoms with E-state index in [9.17, 15) is 10.1 Å². The molecule has 0 fully saturated rings. The van der Waals surface area contributed by atoms with Gasteiger partial charge in [-0.3, -0.25) is 10.1 Å². The number of aromatic nitrogens is 3. The summed E-state index contributed by atoms with van der Waals surface area (Å²) in [4.78, 5) is 15.0. The zero-order valence-corrected chi connectivity index (χ0v) is 14.6. The maximum absolute atomic E-state index is 10.8. The Kier molecular flexibility index (Phi) is 4.25. The van der Waals surface area contributed by atoms with Crippen molar-refractivity contribution in [2.45, 2.75) is 13.3 Å². The van der Waals surface area contributed by atoms with E-state index in [1.165, 1.54) is 12.1 Å². The Labute approximate surface area is 155 Å².